The maximum atomic E-state index is 11.6. The predicted octanol–water partition coefficient (Wildman–Crippen LogP) is 0.436. The topological polar surface area (TPSA) is 97.0 Å². The molecular formula is C15H18N6O. The fraction of sp³-hybridized carbons (Fsp3) is 0.333. The largest absolute Gasteiger partial charge is 0.364 e. The molecule has 3 heterocycles. The number of carbonyl (C=O) groups excluding carboxylic acids is 1. The minimum absolute atomic E-state index is 0.145. The van der Waals surface area contributed by atoms with Gasteiger partial charge in [-0.1, -0.05) is 6.07 Å². The maximum absolute atomic E-state index is 11.6. The zero-order chi connectivity index (χ0) is 15.5. The Hall–Kier alpha value is -2.54. The smallest absolute Gasteiger partial charge is 0.269 e. The molecule has 0 bridgehead atoms. The van der Waals surface area contributed by atoms with Crippen LogP contribution in [0.3, 0.4) is 0 Å². The highest BCUT2D eigenvalue weighted by Gasteiger charge is 2.24. The zero-order valence-electron chi connectivity index (χ0n) is 12.4. The molecular weight excluding hydrogens is 280 g/mol. The summed E-state index contributed by atoms with van der Waals surface area (Å²) in [5, 5.41) is 3.26. The number of rotatable bonds is 4. The molecule has 3 rings (SSSR count). The molecule has 114 valence electrons. The average Bonchev–Trinajstić information content (AvgIpc) is 3.04. The minimum atomic E-state index is -0.603. The SMILES string of the molecule is CNC1CCN(c2cnc(C(N)=O)c(-c3ccccn3)n2)C1. The molecule has 1 aliphatic heterocycles. The molecule has 1 amide bonds. The number of primary amides is 1. The van der Waals surface area contributed by atoms with Crippen LogP contribution in [0, 0.1) is 0 Å². The molecule has 0 saturated carbocycles. The lowest BCUT2D eigenvalue weighted by molar-refractivity contribution is 0.0996. The van der Waals surface area contributed by atoms with Crippen LogP contribution in [-0.2, 0) is 0 Å². The predicted molar refractivity (Wildman–Crippen MR) is 83.5 cm³/mol. The van der Waals surface area contributed by atoms with Gasteiger partial charge in [-0.3, -0.25) is 9.78 Å². The van der Waals surface area contributed by atoms with Crippen molar-refractivity contribution < 1.29 is 4.79 Å². The number of nitrogens with two attached hydrogens (primary N) is 1. The number of aromatic nitrogens is 3. The van der Waals surface area contributed by atoms with Crippen LogP contribution in [0.1, 0.15) is 16.9 Å². The van der Waals surface area contributed by atoms with Gasteiger partial charge in [0.05, 0.1) is 11.9 Å². The van der Waals surface area contributed by atoms with Gasteiger partial charge >= 0.3 is 0 Å². The summed E-state index contributed by atoms with van der Waals surface area (Å²) in [4.78, 5) is 26.8. The highest BCUT2D eigenvalue weighted by Crippen LogP contribution is 2.23. The van der Waals surface area contributed by atoms with Crippen molar-refractivity contribution in [1.82, 2.24) is 20.3 Å². The minimum Gasteiger partial charge on any atom is -0.364 e. The first kappa shape index (κ1) is 14.4. The molecule has 2 aromatic rings. The number of hydrogen-bond acceptors (Lipinski definition) is 6. The van der Waals surface area contributed by atoms with Crippen molar-refractivity contribution in [2.24, 2.45) is 5.73 Å². The van der Waals surface area contributed by atoms with Crippen molar-refractivity contribution >= 4 is 11.7 Å². The Morgan fingerprint density at radius 1 is 1.41 bits per heavy atom. The summed E-state index contributed by atoms with van der Waals surface area (Å²) in [6.45, 7) is 1.76. The number of pyridine rings is 1. The average molecular weight is 298 g/mol. The molecule has 7 heteroatoms. The Kier molecular flexibility index (Phi) is 3.97. The van der Waals surface area contributed by atoms with Gasteiger partial charge in [0, 0.05) is 25.3 Å². The molecule has 1 atom stereocenters. The van der Waals surface area contributed by atoms with Crippen LogP contribution in [0.4, 0.5) is 5.82 Å². The molecule has 3 N–H and O–H groups in total. The Bertz CT molecular complexity index is 675. The van der Waals surface area contributed by atoms with Crippen LogP contribution in [0.25, 0.3) is 11.4 Å². The Morgan fingerprint density at radius 2 is 2.27 bits per heavy atom. The molecule has 2 aromatic heterocycles. The van der Waals surface area contributed by atoms with E-state index in [0.29, 0.717) is 17.4 Å². The summed E-state index contributed by atoms with van der Waals surface area (Å²) < 4.78 is 0. The molecule has 1 fully saturated rings. The molecule has 0 radical (unpaired) electrons. The second kappa shape index (κ2) is 6.07. The Balaban J connectivity index is 2.00. The van der Waals surface area contributed by atoms with Crippen LogP contribution in [0.15, 0.2) is 30.6 Å². The van der Waals surface area contributed by atoms with Crippen LogP contribution in [0.2, 0.25) is 0 Å². The number of nitrogens with zero attached hydrogens (tertiary/aromatic N) is 4. The third kappa shape index (κ3) is 2.75. The van der Waals surface area contributed by atoms with Gasteiger partial charge in [-0.2, -0.15) is 0 Å². The quantitative estimate of drug-likeness (QED) is 0.850. The number of hydrogen-bond donors (Lipinski definition) is 2. The number of anilines is 1. The lowest BCUT2D eigenvalue weighted by Gasteiger charge is -2.18. The molecule has 0 spiro atoms. The standard InChI is InChI=1S/C15H18N6O/c1-17-10-5-7-21(9-10)12-8-19-14(15(16)22)13(20-12)11-4-2-3-6-18-11/h2-4,6,8,10,17H,5,7,9H2,1H3,(H2,16,22). The van der Waals surface area contributed by atoms with E-state index in [4.69, 9.17) is 5.73 Å². The molecule has 1 saturated heterocycles. The highest BCUT2D eigenvalue weighted by atomic mass is 16.1. The Morgan fingerprint density at radius 3 is 2.91 bits per heavy atom. The summed E-state index contributed by atoms with van der Waals surface area (Å²) in [6, 6.07) is 5.88. The van der Waals surface area contributed by atoms with Crippen LogP contribution < -0.4 is 16.0 Å². The van der Waals surface area contributed by atoms with Gasteiger partial charge < -0.3 is 16.0 Å². The Labute approximate surface area is 128 Å². The van der Waals surface area contributed by atoms with Gasteiger partial charge in [0.1, 0.15) is 11.5 Å². The first-order valence-corrected chi connectivity index (χ1v) is 7.19. The van der Waals surface area contributed by atoms with Crippen molar-refractivity contribution in [3.63, 3.8) is 0 Å². The summed E-state index contributed by atoms with van der Waals surface area (Å²) in [7, 11) is 1.95. The van der Waals surface area contributed by atoms with Crippen LogP contribution >= 0.6 is 0 Å². The third-order valence-electron chi connectivity index (χ3n) is 3.82. The summed E-state index contributed by atoms with van der Waals surface area (Å²) in [6.07, 6.45) is 4.31. The number of carbonyl (C=O) groups is 1. The van der Waals surface area contributed by atoms with Gasteiger partial charge in [-0.15, -0.1) is 0 Å². The first-order chi connectivity index (χ1) is 10.7. The van der Waals surface area contributed by atoms with E-state index < -0.39 is 5.91 Å². The molecule has 7 nitrogen and oxygen atoms in total. The van der Waals surface area contributed by atoms with Gasteiger partial charge in [-0.05, 0) is 25.6 Å². The molecule has 22 heavy (non-hydrogen) atoms. The molecule has 1 aliphatic rings. The fourth-order valence-corrected chi connectivity index (χ4v) is 2.60. The van der Waals surface area contributed by atoms with Crippen molar-refractivity contribution in [2.45, 2.75) is 12.5 Å². The van der Waals surface area contributed by atoms with Crippen molar-refractivity contribution in [1.29, 1.82) is 0 Å². The van der Waals surface area contributed by atoms with E-state index in [9.17, 15) is 4.79 Å². The van der Waals surface area contributed by atoms with E-state index in [0.717, 1.165) is 25.3 Å². The monoisotopic (exact) mass is 298 g/mol. The van der Waals surface area contributed by atoms with E-state index >= 15 is 0 Å². The first-order valence-electron chi connectivity index (χ1n) is 7.19. The number of likely N-dealkylation sites (N-methyl/N-ethyl adjacent to an activating group) is 1. The summed E-state index contributed by atoms with van der Waals surface area (Å²) in [5.74, 6) is 0.137. The van der Waals surface area contributed by atoms with Crippen LogP contribution in [-0.4, -0.2) is 47.0 Å². The van der Waals surface area contributed by atoms with E-state index in [-0.39, 0.29) is 5.69 Å². The highest BCUT2D eigenvalue weighted by molar-refractivity contribution is 5.96. The fourth-order valence-electron chi connectivity index (χ4n) is 2.60. The second-order valence-electron chi connectivity index (χ2n) is 5.22. The number of amides is 1. The summed E-state index contributed by atoms with van der Waals surface area (Å²) >= 11 is 0. The molecule has 0 aromatic carbocycles. The second-order valence-corrected chi connectivity index (χ2v) is 5.22. The van der Waals surface area contributed by atoms with Crippen molar-refractivity contribution in [2.75, 3.05) is 25.0 Å². The van der Waals surface area contributed by atoms with E-state index in [1.165, 1.54) is 0 Å². The van der Waals surface area contributed by atoms with Gasteiger partial charge in [0.25, 0.3) is 5.91 Å². The van der Waals surface area contributed by atoms with Gasteiger partial charge in [0.15, 0.2) is 5.69 Å². The zero-order valence-corrected chi connectivity index (χ0v) is 12.4. The molecule has 0 aliphatic carbocycles. The number of nitrogens with one attached hydrogen (secondary N) is 1. The van der Waals surface area contributed by atoms with Crippen molar-refractivity contribution in [3.8, 4) is 11.4 Å². The molecule has 1 unspecified atom stereocenters. The van der Waals surface area contributed by atoms with Crippen molar-refractivity contribution in [3.05, 3.63) is 36.3 Å². The lowest BCUT2D eigenvalue weighted by atomic mass is 10.2. The van der Waals surface area contributed by atoms with E-state index in [2.05, 4.69) is 25.2 Å². The van der Waals surface area contributed by atoms with E-state index in [1.54, 1.807) is 18.5 Å². The van der Waals surface area contributed by atoms with Crippen LogP contribution in [0.5, 0.6) is 0 Å². The maximum Gasteiger partial charge on any atom is 0.269 e. The van der Waals surface area contributed by atoms with Gasteiger partial charge in [0.2, 0.25) is 0 Å². The van der Waals surface area contributed by atoms with Gasteiger partial charge in [-0.25, -0.2) is 9.97 Å². The summed E-state index contributed by atoms with van der Waals surface area (Å²) in [5.41, 5.74) is 6.57. The van der Waals surface area contributed by atoms with E-state index in [1.807, 2.05) is 19.2 Å². The normalized spacial score (nSPS) is 17.7. The third-order valence-corrected chi connectivity index (χ3v) is 3.82. The lowest BCUT2D eigenvalue weighted by Crippen LogP contribution is -2.30.